The number of benzene rings is 2. The van der Waals surface area contributed by atoms with Crippen LogP contribution in [-0.4, -0.2) is 20.3 Å². The number of carbonyl (C=O) groups is 1. The van der Waals surface area contributed by atoms with E-state index in [4.69, 9.17) is 12.2 Å². The highest BCUT2D eigenvalue weighted by Gasteiger charge is 2.33. The van der Waals surface area contributed by atoms with Gasteiger partial charge in [-0.2, -0.15) is 18.3 Å². The van der Waals surface area contributed by atoms with E-state index in [1.807, 2.05) is 31.2 Å². The molecule has 5 nitrogen and oxygen atoms in total. The minimum Gasteiger partial charge on any atom is -0.324 e. The van der Waals surface area contributed by atoms with Crippen molar-refractivity contribution in [2.24, 2.45) is 0 Å². The summed E-state index contributed by atoms with van der Waals surface area (Å²) in [5.74, 6) is 0.495. The number of aromatic nitrogens is 3. The monoisotopic (exact) mass is 478 g/mol. The molecule has 32 heavy (non-hydrogen) atoms. The summed E-state index contributed by atoms with van der Waals surface area (Å²) in [5.41, 5.74) is -0.0622. The van der Waals surface area contributed by atoms with Gasteiger partial charge in [0.1, 0.15) is 12.4 Å². The largest absolute Gasteiger partial charge is 0.418 e. The highest BCUT2D eigenvalue weighted by atomic mass is 32.2. The number of nitrogens with one attached hydrogen (secondary N) is 1. The van der Waals surface area contributed by atoms with E-state index in [2.05, 4.69) is 17.0 Å². The van der Waals surface area contributed by atoms with E-state index in [9.17, 15) is 18.0 Å². The number of anilines is 1. The van der Waals surface area contributed by atoms with Crippen molar-refractivity contribution < 1.29 is 18.0 Å². The molecule has 168 valence electrons. The van der Waals surface area contributed by atoms with Crippen LogP contribution < -0.4 is 5.32 Å². The highest BCUT2D eigenvalue weighted by Crippen LogP contribution is 2.34. The molecule has 0 bridgehead atoms. The lowest BCUT2D eigenvalue weighted by atomic mass is 10.1. The molecular weight excluding hydrogens is 457 g/mol. The van der Waals surface area contributed by atoms with Crippen LogP contribution in [0.25, 0.3) is 0 Å². The van der Waals surface area contributed by atoms with Crippen molar-refractivity contribution in [1.29, 1.82) is 0 Å². The van der Waals surface area contributed by atoms with Crippen molar-refractivity contribution in [2.45, 2.75) is 36.8 Å². The first-order valence-electron chi connectivity index (χ1n) is 9.62. The lowest BCUT2D eigenvalue weighted by Crippen LogP contribution is -2.22. The van der Waals surface area contributed by atoms with Gasteiger partial charge in [0, 0.05) is 11.4 Å². The van der Waals surface area contributed by atoms with Crippen LogP contribution in [0.2, 0.25) is 0 Å². The first-order chi connectivity index (χ1) is 15.2. The Labute approximate surface area is 193 Å². The second-order valence-corrected chi connectivity index (χ2v) is 8.36. The van der Waals surface area contributed by atoms with Gasteiger partial charge in [-0.15, -0.1) is 18.3 Å². The number of carbonyl (C=O) groups excluding carboxylic acids is 1. The van der Waals surface area contributed by atoms with Crippen LogP contribution in [0, 0.1) is 11.7 Å². The van der Waals surface area contributed by atoms with Gasteiger partial charge in [-0.1, -0.05) is 35.9 Å². The van der Waals surface area contributed by atoms with Crippen molar-refractivity contribution >= 4 is 35.6 Å². The molecule has 3 aromatic rings. The number of rotatable bonds is 8. The Hall–Kier alpha value is -2.85. The van der Waals surface area contributed by atoms with Gasteiger partial charge in [0.05, 0.1) is 17.0 Å². The van der Waals surface area contributed by atoms with Gasteiger partial charge < -0.3 is 5.32 Å². The molecule has 1 N–H and O–H groups in total. The average molecular weight is 479 g/mol. The van der Waals surface area contributed by atoms with Crippen LogP contribution in [0.1, 0.15) is 17.0 Å². The van der Waals surface area contributed by atoms with E-state index in [0.717, 1.165) is 16.5 Å². The number of amides is 1. The number of alkyl halides is 3. The van der Waals surface area contributed by atoms with Crippen molar-refractivity contribution in [2.75, 3.05) is 5.32 Å². The Balaban J connectivity index is 1.77. The molecule has 10 heteroatoms. The van der Waals surface area contributed by atoms with Gasteiger partial charge in [0.2, 0.25) is 5.91 Å². The number of halogens is 3. The SMILES string of the molecule is C=CCn1c(CSc2ccc(C)cc2)nn(CC(=O)Nc2ccccc2C(F)(F)F)c1=S. The van der Waals surface area contributed by atoms with Gasteiger partial charge >= 0.3 is 6.18 Å². The first-order valence-corrected chi connectivity index (χ1v) is 11.0. The zero-order valence-corrected chi connectivity index (χ0v) is 18.9. The second-order valence-electron chi connectivity index (χ2n) is 6.95. The zero-order valence-electron chi connectivity index (χ0n) is 17.2. The normalized spacial score (nSPS) is 11.4. The minimum atomic E-state index is -4.58. The van der Waals surface area contributed by atoms with Gasteiger partial charge in [0.15, 0.2) is 4.77 Å². The summed E-state index contributed by atoms with van der Waals surface area (Å²) in [4.78, 5) is 13.5. The van der Waals surface area contributed by atoms with Gasteiger partial charge in [-0.05, 0) is 43.4 Å². The fourth-order valence-electron chi connectivity index (χ4n) is 2.96. The fourth-order valence-corrected chi connectivity index (χ4v) is 4.08. The topological polar surface area (TPSA) is 51.9 Å². The predicted octanol–water partition coefficient (Wildman–Crippen LogP) is 5.86. The molecule has 0 aliphatic rings. The third kappa shape index (κ3) is 5.89. The van der Waals surface area contributed by atoms with Gasteiger partial charge in [-0.25, -0.2) is 4.68 Å². The molecule has 3 rings (SSSR count). The third-order valence-electron chi connectivity index (χ3n) is 4.50. The summed E-state index contributed by atoms with van der Waals surface area (Å²) in [5, 5.41) is 6.75. The van der Waals surface area contributed by atoms with E-state index < -0.39 is 17.6 Å². The van der Waals surface area contributed by atoms with E-state index in [1.54, 1.807) is 22.4 Å². The average Bonchev–Trinajstić information content (AvgIpc) is 3.02. The van der Waals surface area contributed by atoms with Crippen LogP contribution in [0.15, 0.2) is 66.1 Å². The lowest BCUT2D eigenvalue weighted by Gasteiger charge is -2.13. The molecule has 1 amide bonds. The molecule has 0 aliphatic carbocycles. The zero-order chi connectivity index (χ0) is 23.3. The predicted molar refractivity (Wildman–Crippen MR) is 122 cm³/mol. The van der Waals surface area contributed by atoms with Crippen molar-refractivity contribution in [3.8, 4) is 0 Å². The summed E-state index contributed by atoms with van der Waals surface area (Å²) in [6, 6.07) is 12.9. The Morgan fingerprint density at radius 1 is 1.22 bits per heavy atom. The lowest BCUT2D eigenvalue weighted by molar-refractivity contribution is -0.137. The summed E-state index contributed by atoms with van der Waals surface area (Å²) in [6.45, 7) is 5.83. The van der Waals surface area contributed by atoms with Gasteiger partial charge in [0.25, 0.3) is 0 Å². The van der Waals surface area contributed by atoms with E-state index in [0.29, 0.717) is 22.9 Å². The minimum absolute atomic E-state index is 0.295. The summed E-state index contributed by atoms with van der Waals surface area (Å²) >= 11 is 7.01. The summed E-state index contributed by atoms with van der Waals surface area (Å²) in [6.07, 6.45) is -2.91. The maximum Gasteiger partial charge on any atom is 0.418 e. The van der Waals surface area contributed by atoms with E-state index in [1.165, 1.54) is 22.9 Å². The molecule has 0 atom stereocenters. The van der Waals surface area contributed by atoms with Crippen LogP contribution in [0.5, 0.6) is 0 Å². The maximum atomic E-state index is 13.2. The third-order valence-corrected chi connectivity index (χ3v) is 5.94. The van der Waals surface area contributed by atoms with Crippen molar-refractivity contribution in [3.05, 3.63) is 82.9 Å². The molecule has 1 heterocycles. The number of thioether (sulfide) groups is 1. The number of aryl methyl sites for hydroxylation is 1. The standard InChI is InChI=1S/C22H21F3N4OS2/c1-3-12-28-19(14-32-16-10-8-15(2)9-11-16)27-29(21(28)31)13-20(30)26-18-7-5-4-6-17(18)22(23,24)25/h3-11H,1,12-14H2,2H3,(H,26,30). The molecule has 0 radical (unpaired) electrons. The van der Waals surface area contributed by atoms with Crippen LogP contribution in [-0.2, 0) is 29.8 Å². The summed E-state index contributed by atoms with van der Waals surface area (Å²) in [7, 11) is 0. The Morgan fingerprint density at radius 3 is 2.56 bits per heavy atom. The van der Waals surface area contributed by atoms with E-state index in [-0.39, 0.29) is 12.2 Å². The first kappa shape index (κ1) is 23.8. The Kier molecular flexibility index (Phi) is 7.57. The van der Waals surface area contributed by atoms with Crippen molar-refractivity contribution in [1.82, 2.24) is 14.3 Å². The Morgan fingerprint density at radius 2 is 1.91 bits per heavy atom. The number of hydrogen-bond donors (Lipinski definition) is 1. The number of para-hydroxylation sites is 1. The summed E-state index contributed by atoms with van der Waals surface area (Å²) < 4.78 is 42.9. The second kappa shape index (κ2) is 10.2. The molecule has 1 aromatic heterocycles. The fraction of sp³-hybridized carbons (Fsp3) is 0.227. The van der Waals surface area contributed by atoms with E-state index >= 15 is 0 Å². The molecule has 0 fully saturated rings. The maximum absolute atomic E-state index is 13.2. The van der Waals surface area contributed by atoms with Crippen LogP contribution >= 0.6 is 24.0 Å². The molecule has 0 saturated heterocycles. The molecule has 0 aliphatic heterocycles. The number of nitrogens with zero attached hydrogens (tertiary/aromatic N) is 3. The van der Waals surface area contributed by atoms with Crippen LogP contribution in [0.4, 0.5) is 18.9 Å². The Bertz CT molecular complexity index is 1170. The quantitative estimate of drug-likeness (QED) is 0.250. The van der Waals surface area contributed by atoms with Gasteiger partial charge in [-0.3, -0.25) is 9.36 Å². The number of hydrogen-bond acceptors (Lipinski definition) is 4. The molecule has 0 unspecified atom stereocenters. The molecule has 2 aromatic carbocycles. The number of allylic oxidation sites excluding steroid dienone is 1. The molecular formula is C22H21F3N4OS2. The smallest absolute Gasteiger partial charge is 0.324 e. The van der Waals surface area contributed by atoms with Crippen molar-refractivity contribution in [3.63, 3.8) is 0 Å². The molecule has 0 spiro atoms. The highest BCUT2D eigenvalue weighted by molar-refractivity contribution is 7.98. The van der Waals surface area contributed by atoms with Crippen LogP contribution in [0.3, 0.4) is 0 Å². The molecule has 0 saturated carbocycles.